The van der Waals surface area contributed by atoms with E-state index in [0.29, 0.717) is 12.5 Å². The minimum Gasteiger partial charge on any atom is -0.396 e. The zero-order valence-electron chi connectivity index (χ0n) is 8.27. The highest BCUT2D eigenvalue weighted by Gasteiger charge is 2.01. The fraction of sp³-hybridized carbons (Fsp3) is 1.00. The molecular formula is C9H19Cl3O. The van der Waals surface area contributed by atoms with Crippen LogP contribution in [0.1, 0.15) is 39.5 Å². The summed E-state index contributed by atoms with van der Waals surface area (Å²) in [5.41, 5.74) is 0. The van der Waals surface area contributed by atoms with Gasteiger partial charge in [-0.1, -0.05) is 67.9 Å². The Hall–Kier alpha value is 0.830. The van der Waals surface area contributed by atoms with Crippen LogP contribution in [0.4, 0.5) is 0 Å². The summed E-state index contributed by atoms with van der Waals surface area (Å²) in [6.45, 7) is 4.69. The molecule has 0 heterocycles. The lowest BCUT2D eigenvalue weighted by Crippen LogP contribution is -2.03. The summed E-state index contributed by atoms with van der Waals surface area (Å²) in [6.07, 6.45) is 4.83. The van der Waals surface area contributed by atoms with Crippen molar-refractivity contribution < 1.29 is 5.11 Å². The SMILES string of the molecule is CCCCC(CC)CO.ClC(Cl)Cl. The minimum absolute atomic E-state index is 0.372. The molecule has 4 heteroatoms. The highest BCUT2D eigenvalue weighted by molar-refractivity contribution is 6.63. The molecule has 0 fully saturated rings. The van der Waals surface area contributed by atoms with Crippen molar-refractivity contribution in [2.24, 2.45) is 5.92 Å². The molecule has 0 aromatic carbocycles. The van der Waals surface area contributed by atoms with E-state index in [4.69, 9.17) is 39.9 Å². The van der Waals surface area contributed by atoms with Crippen molar-refractivity contribution in [2.75, 3.05) is 6.61 Å². The molecule has 1 N–H and O–H groups in total. The highest BCUT2D eigenvalue weighted by atomic mass is 35.6. The first-order valence-corrected chi connectivity index (χ1v) is 5.92. The number of unbranched alkanes of at least 4 members (excludes halogenated alkanes) is 1. The zero-order valence-corrected chi connectivity index (χ0v) is 10.5. The average molecular weight is 250 g/mol. The van der Waals surface area contributed by atoms with Gasteiger partial charge in [-0.3, -0.25) is 0 Å². The average Bonchev–Trinajstić information content (AvgIpc) is 2.06. The zero-order chi connectivity index (χ0) is 10.7. The summed E-state index contributed by atoms with van der Waals surface area (Å²) >= 11 is 14.4. The third kappa shape index (κ3) is 19.3. The molecule has 0 aliphatic rings. The normalized spacial score (nSPS) is 12.2. The molecule has 1 nitrogen and oxygen atoms in total. The quantitative estimate of drug-likeness (QED) is 0.725. The second-order valence-corrected chi connectivity index (χ2v) is 4.83. The minimum atomic E-state index is -0.750. The molecule has 0 bridgehead atoms. The van der Waals surface area contributed by atoms with Gasteiger partial charge in [0.15, 0.2) is 4.30 Å². The predicted molar refractivity (Wildman–Crippen MR) is 61.7 cm³/mol. The number of hydrogen-bond donors (Lipinski definition) is 1. The van der Waals surface area contributed by atoms with Gasteiger partial charge in [-0.2, -0.15) is 0 Å². The first-order valence-electron chi connectivity index (χ1n) is 4.61. The van der Waals surface area contributed by atoms with Crippen LogP contribution in [0.15, 0.2) is 0 Å². The van der Waals surface area contributed by atoms with Crippen LogP contribution in [0.3, 0.4) is 0 Å². The lowest BCUT2D eigenvalue weighted by atomic mass is 10.0. The molecule has 0 aromatic heterocycles. The van der Waals surface area contributed by atoms with Gasteiger partial charge in [0.2, 0.25) is 0 Å². The van der Waals surface area contributed by atoms with E-state index in [-0.39, 0.29) is 0 Å². The van der Waals surface area contributed by atoms with Gasteiger partial charge in [0, 0.05) is 6.61 Å². The first-order chi connectivity index (χ1) is 6.08. The van der Waals surface area contributed by atoms with E-state index in [1.54, 1.807) is 0 Å². The van der Waals surface area contributed by atoms with E-state index < -0.39 is 4.30 Å². The number of alkyl halides is 3. The topological polar surface area (TPSA) is 20.2 Å². The van der Waals surface area contributed by atoms with Crippen LogP contribution in [0.5, 0.6) is 0 Å². The van der Waals surface area contributed by atoms with Crippen LogP contribution in [0.2, 0.25) is 0 Å². The van der Waals surface area contributed by atoms with Crippen molar-refractivity contribution in [3.63, 3.8) is 0 Å². The van der Waals surface area contributed by atoms with E-state index in [1.165, 1.54) is 19.3 Å². The summed E-state index contributed by atoms with van der Waals surface area (Å²) < 4.78 is -0.750. The van der Waals surface area contributed by atoms with Gasteiger partial charge in [0.05, 0.1) is 0 Å². The number of aliphatic hydroxyl groups excluding tert-OH is 1. The Balaban J connectivity index is 0. The molecule has 1 unspecified atom stereocenters. The molecule has 13 heavy (non-hydrogen) atoms. The van der Waals surface area contributed by atoms with E-state index in [0.717, 1.165) is 6.42 Å². The fourth-order valence-corrected chi connectivity index (χ4v) is 0.917. The maximum atomic E-state index is 8.75. The largest absolute Gasteiger partial charge is 0.396 e. The van der Waals surface area contributed by atoms with E-state index in [1.807, 2.05) is 0 Å². The molecule has 0 rings (SSSR count). The Morgan fingerprint density at radius 3 is 1.85 bits per heavy atom. The Morgan fingerprint density at radius 1 is 1.15 bits per heavy atom. The van der Waals surface area contributed by atoms with Gasteiger partial charge in [0.25, 0.3) is 0 Å². The summed E-state index contributed by atoms with van der Waals surface area (Å²) in [5.74, 6) is 0.560. The molecule has 0 aliphatic heterocycles. The number of hydrogen-bond acceptors (Lipinski definition) is 1. The molecule has 0 saturated heterocycles. The van der Waals surface area contributed by atoms with Crippen molar-refractivity contribution in [3.8, 4) is 0 Å². The Kier molecular flexibility index (Phi) is 16.1. The van der Waals surface area contributed by atoms with Crippen LogP contribution in [-0.2, 0) is 0 Å². The van der Waals surface area contributed by atoms with Gasteiger partial charge >= 0.3 is 0 Å². The van der Waals surface area contributed by atoms with Crippen molar-refractivity contribution >= 4 is 34.8 Å². The highest BCUT2D eigenvalue weighted by Crippen LogP contribution is 2.10. The Morgan fingerprint density at radius 2 is 1.62 bits per heavy atom. The number of rotatable bonds is 5. The Bertz CT molecular complexity index is 82.2. The number of aliphatic hydroxyl groups is 1. The van der Waals surface area contributed by atoms with Gasteiger partial charge < -0.3 is 5.11 Å². The third-order valence-electron chi connectivity index (χ3n) is 1.80. The van der Waals surface area contributed by atoms with Crippen molar-refractivity contribution in [1.82, 2.24) is 0 Å². The molecule has 0 aromatic rings. The van der Waals surface area contributed by atoms with E-state index in [2.05, 4.69) is 13.8 Å². The summed E-state index contributed by atoms with van der Waals surface area (Å²) in [7, 11) is 0. The van der Waals surface area contributed by atoms with Crippen LogP contribution in [0.25, 0.3) is 0 Å². The summed E-state index contributed by atoms with van der Waals surface area (Å²) in [5, 5.41) is 8.75. The molecule has 1 atom stereocenters. The smallest absolute Gasteiger partial charge is 0.180 e. The van der Waals surface area contributed by atoms with Crippen molar-refractivity contribution in [3.05, 3.63) is 0 Å². The maximum absolute atomic E-state index is 8.75. The third-order valence-corrected chi connectivity index (χ3v) is 1.80. The molecule has 0 spiro atoms. The molecule has 0 saturated carbocycles. The summed E-state index contributed by atoms with van der Waals surface area (Å²) in [4.78, 5) is 0. The molecule has 0 aliphatic carbocycles. The molecular weight excluding hydrogens is 230 g/mol. The molecule has 82 valence electrons. The molecule has 0 radical (unpaired) electrons. The summed E-state index contributed by atoms with van der Waals surface area (Å²) in [6, 6.07) is 0. The van der Waals surface area contributed by atoms with Gasteiger partial charge in [-0.25, -0.2) is 0 Å². The lowest BCUT2D eigenvalue weighted by Gasteiger charge is -2.08. The van der Waals surface area contributed by atoms with Crippen LogP contribution < -0.4 is 0 Å². The van der Waals surface area contributed by atoms with Crippen LogP contribution in [-0.4, -0.2) is 16.0 Å². The predicted octanol–water partition coefficient (Wildman–Crippen LogP) is 4.18. The van der Waals surface area contributed by atoms with E-state index in [9.17, 15) is 0 Å². The second-order valence-electron chi connectivity index (χ2n) is 2.85. The molecule has 0 amide bonds. The Labute approximate surface area is 96.4 Å². The van der Waals surface area contributed by atoms with Crippen molar-refractivity contribution in [2.45, 2.75) is 43.8 Å². The van der Waals surface area contributed by atoms with Crippen molar-refractivity contribution in [1.29, 1.82) is 0 Å². The van der Waals surface area contributed by atoms with Gasteiger partial charge in [-0.05, 0) is 12.3 Å². The standard InChI is InChI=1S/C8H18O.CHCl3/c1-3-5-6-8(4-2)7-9;2-1(3)4/h8-9H,3-7H2,1-2H3;1H. The van der Waals surface area contributed by atoms with Gasteiger partial charge in [0.1, 0.15) is 0 Å². The van der Waals surface area contributed by atoms with Crippen LogP contribution >= 0.6 is 34.8 Å². The number of halogens is 3. The monoisotopic (exact) mass is 248 g/mol. The fourth-order valence-electron chi connectivity index (χ4n) is 0.917. The second kappa shape index (κ2) is 12.8. The lowest BCUT2D eigenvalue weighted by molar-refractivity contribution is 0.212. The first kappa shape index (κ1) is 16.3. The maximum Gasteiger partial charge on any atom is 0.180 e. The van der Waals surface area contributed by atoms with Gasteiger partial charge in [-0.15, -0.1) is 0 Å². The van der Waals surface area contributed by atoms with E-state index >= 15 is 0 Å². The van der Waals surface area contributed by atoms with Crippen LogP contribution in [0, 0.1) is 5.92 Å².